The van der Waals surface area contributed by atoms with E-state index in [-0.39, 0.29) is 48.2 Å². The third-order valence-electron chi connectivity index (χ3n) is 9.18. The molecule has 2 fully saturated rings. The topological polar surface area (TPSA) is 110 Å². The second kappa shape index (κ2) is 22.2. The Hall–Kier alpha value is -1.31. The molecule has 0 spiro atoms. The van der Waals surface area contributed by atoms with Crippen LogP contribution in [0.4, 0.5) is 0 Å². The van der Waals surface area contributed by atoms with Gasteiger partial charge in [0.25, 0.3) is 0 Å². The normalized spacial score (nSPS) is 23.7. The van der Waals surface area contributed by atoms with Gasteiger partial charge in [-0.05, 0) is 64.7 Å². The smallest absolute Gasteiger partial charge is 0.309 e. The number of esters is 1. The fourth-order valence-corrected chi connectivity index (χ4v) is 6.55. The van der Waals surface area contributed by atoms with Crippen LogP contribution in [0.2, 0.25) is 0 Å². The minimum atomic E-state index is -0.505. The maximum absolute atomic E-state index is 12.2. The molecule has 0 amide bonds. The molecule has 2 heterocycles. The van der Waals surface area contributed by atoms with E-state index in [4.69, 9.17) is 9.47 Å². The summed E-state index contributed by atoms with van der Waals surface area (Å²) in [7, 11) is 0. The first kappa shape index (κ1) is 36.9. The average molecular weight is 595 g/mol. The van der Waals surface area contributed by atoms with Gasteiger partial charge >= 0.3 is 5.97 Å². The molecule has 2 aliphatic heterocycles. The second-order valence-electron chi connectivity index (χ2n) is 13.2. The Kier molecular flexibility index (Phi) is 19.5. The van der Waals surface area contributed by atoms with Gasteiger partial charge in [-0.15, -0.1) is 0 Å². The number of ether oxygens (including phenoxy) is 2. The van der Waals surface area contributed by atoms with Crippen LogP contribution >= 0.6 is 0 Å². The van der Waals surface area contributed by atoms with Crippen molar-refractivity contribution in [3.63, 3.8) is 0 Å². The molecule has 0 saturated carbocycles. The van der Waals surface area contributed by atoms with Crippen molar-refractivity contribution < 1.29 is 34.1 Å². The molecule has 2 rings (SSSR count). The number of carbonyl (C=O) groups excluding carboxylic acids is 3. The van der Waals surface area contributed by atoms with E-state index < -0.39 is 12.2 Å². The van der Waals surface area contributed by atoms with Crippen LogP contribution in [0.15, 0.2) is 0 Å². The zero-order valence-electron chi connectivity index (χ0n) is 26.9. The van der Waals surface area contributed by atoms with E-state index in [1.165, 1.54) is 64.7 Å². The summed E-state index contributed by atoms with van der Waals surface area (Å²) in [5.74, 6) is -0.261. The van der Waals surface area contributed by atoms with Crippen molar-refractivity contribution in [2.75, 3.05) is 0 Å². The van der Waals surface area contributed by atoms with E-state index >= 15 is 0 Å². The Bertz CT molecular complexity index is 754. The molecule has 42 heavy (non-hydrogen) atoms. The fraction of sp³-hybridized carbons (Fsp3) is 0.914. The number of aliphatic hydroxyl groups is 2. The third kappa shape index (κ3) is 16.0. The van der Waals surface area contributed by atoms with Crippen molar-refractivity contribution in [1.82, 2.24) is 0 Å². The molecular formula is C35H62O7. The molecule has 0 bridgehead atoms. The molecular weight excluding hydrogens is 532 g/mol. The number of cyclic esters (lactones) is 1. The van der Waals surface area contributed by atoms with Crippen LogP contribution in [0, 0.1) is 5.92 Å². The summed E-state index contributed by atoms with van der Waals surface area (Å²) < 4.78 is 11.4. The molecule has 0 aliphatic carbocycles. The first-order chi connectivity index (χ1) is 20.3. The summed E-state index contributed by atoms with van der Waals surface area (Å²) in [6.45, 7) is 3.75. The van der Waals surface area contributed by atoms with Crippen LogP contribution < -0.4 is 0 Å². The molecule has 7 heteroatoms. The molecule has 5 unspecified atom stereocenters. The maximum atomic E-state index is 12.2. The third-order valence-corrected chi connectivity index (χ3v) is 9.18. The van der Waals surface area contributed by atoms with E-state index in [2.05, 4.69) is 6.92 Å². The van der Waals surface area contributed by atoms with Crippen molar-refractivity contribution >= 4 is 17.5 Å². The van der Waals surface area contributed by atoms with Gasteiger partial charge in [-0.2, -0.15) is 0 Å². The highest BCUT2D eigenvalue weighted by atomic mass is 16.6. The van der Waals surface area contributed by atoms with Gasteiger partial charge in [-0.25, -0.2) is 0 Å². The first-order valence-corrected chi connectivity index (χ1v) is 17.5. The number of unbranched alkanes of at least 4 members (excludes halogenated alkanes) is 12. The molecule has 2 aliphatic rings. The van der Waals surface area contributed by atoms with Crippen LogP contribution in [0.1, 0.15) is 168 Å². The van der Waals surface area contributed by atoms with Gasteiger partial charge in [-0.1, -0.05) is 84.0 Å². The lowest BCUT2D eigenvalue weighted by molar-refractivity contribution is -0.145. The van der Waals surface area contributed by atoms with Gasteiger partial charge in [0.15, 0.2) is 0 Å². The molecule has 2 N–H and O–H groups in total. The van der Waals surface area contributed by atoms with Crippen LogP contribution in [0.3, 0.4) is 0 Å². The molecule has 0 radical (unpaired) electrons. The second-order valence-corrected chi connectivity index (χ2v) is 13.2. The monoisotopic (exact) mass is 594 g/mol. The van der Waals surface area contributed by atoms with E-state index in [0.29, 0.717) is 25.7 Å². The summed E-state index contributed by atoms with van der Waals surface area (Å²) in [5, 5.41) is 21.2. The zero-order valence-corrected chi connectivity index (χ0v) is 26.9. The van der Waals surface area contributed by atoms with Gasteiger partial charge in [0.1, 0.15) is 17.7 Å². The number of aliphatic hydroxyl groups excluding tert-OH is 2. The molecule has 7 nitrogen and oxygen atoms in total. The maximum Gasteiger partial charge on any atom is 0.309 e. The number of hydrogen-bond acceptors (Lipinski definition) is 7. The van der Waals surface area contributed by atoms with Crippen LogP contribution in [-0.4, -0.2) is 58.3 Å². The van der Waals surface area contributed by atoms with E-state index in [0.717, 1.165) is 64.2 Å². The van der Waals surface area contributed by atoms with Crippen molar-refractivity contribution in [3.8, 4) is 0 Å². The van der Waals surface area contributed by atoms with Gasteiger partial charge in [0.05, 0.1) is 30.3 Å². The summed E-state index contributed by atoms with van der Waals surface area (Å²) in [6, 6.07) is 0. The number of ketones is 2. The van der Waals surface area contributed by atoms with Crippen LogP contribution in [-0.2, 0) is 23.9 Å². The van der Waals surface area contributed by atoms with Gasteiger partial charge < -0.3 is 24.5 Å². The minimum absolute atomic E-state index is 0.0167. The Morgan fingerprint density at radius 2 is 1.26 bits per heavy atom. The molecule has 0 aromatic heterocycles. The molecule has 0 aromatic carbocycles. The fourth-order valence-electron chi connectivity index (χ4n) is 6.55. The summed E-state index contributed by atoms with van der Waals surface area (Å²) in [6.07, 6.45) is 21.6. The Labute approximate surface area is 255 Å². The number of carbonyl (C=O) groups is 3. The van der Waals surface area contributed by atoms with Crippen molar-refractivity contribution in [2.24, 2.45) is 5.92 Å². The van der Waals surface area contributed by atoms with Crippen molar-refractivity contribution in [3.05, 3.63) is 0 Å². The highest BCUT2D eigenvalue weighted by Crippen LogP contribution is 2.29. The highest BCUT2D eigenvalue weighted by Gasteiger charge is 2.35. The predicted octanol–water partition coefficient (Wildman–Crippen LogP) is 7.56. The Balaban J connectivity index is 1.41. The molecule has 6 atom stereocenters. The van der Waals surface area contributed by atoms with Crippen LogP contribution in [0.5, 0.6) is 0 Å². The van der Waals surface area contributed by atoms with E-state index in [9.17, 15) is 24.6 Å². The average Bonchev–Trinajstić information content (AvgIpc) is 3.58. The first-order valence-electron chi connectivity index (χ1n) is 17.5. The largest absolute Gasteiger partial charge is 0.462 e. The lowest BCUT2D eigenvalue weighted by Crippen LogP contribution is -2.31. The lowest BCUT2D eigenvalue weighted by atomic mass is 9.96. The van der Waals surface area contributed by atoms with Gasteiger partial charge in [-0.3, -0.25) is 9.59 Å². The van der Waals surface area contributed by atoms with E-state index in [1.54, 1.807) is 0 Å². The van der Waals surface area contributed by atoms with Crippen LogP contribution in [0.25, 0.3) is 0 Å². The molecule has 2 saturated heterocycles. The predicted molar refractivity (Wildman–Crippen MR) is 166 cm³/mol. The zero-order chi connectivity index (χ0) is 30.6. The van der Waals surface area contributed by atoms with E-state index in [1.807, 2.05) is 0 Å². The molecule has 0 aromatic rings. The quantitative estimate of drug-likeness (QED) is 0.0785. The number of hydrogen-bond donors (Lipinski definition) is 2. The SMILES string of the molecule is CCCCCCCCCCCCC(O)C1CCC([C@H](O)CCCCCC(=O)CCCCC2CC(CC(C)=O)C(=O)O2)O1. The Morgan fingerprint density at radius 1 is 0.762 bits per heavy atom. The summed E-state index contributed by atoms with van der Waals surface area (Å²) in [4.78, 5) is 35.3. The summed E-state index contributed by atoms with van der Waals surface area (Å²) >= 11 is 0. The Morgan fingerprint density at radius 3 is 1.81 bits per heavy atom. The van der Waals surface area contributed by atoms with Crippen molar-refractivity contribution in [1.29, 1.82) is 0 Å². The van der Waals surface area contributed by atoms with Crippen molar-refractivity contribution in [2.45, 2.75) is 198 Å². The summed E-state index contributed by atoms with van der Waals surface area (Å²) in [5.41, 5.74) is 0. The van der Waals surface area contributed by atoms with Gasteiger partial charge in [0, 0.05) is 19.3 Å². The standard InChI is InChI=1S/C35H62O7/c1-3-4-5-6-7-8-9-10-11-14-21-31(38)33-23-24-34(42-33)32(39)22-15-12-13-18-29(37)19-16-17-20-30-26-28(25-27(2)36)35(40)41-30/h28,30-34,38-39H,3-26H2,1-2H3/t28?,30?,31?,32-,33?,34?/m1/s1. The minimum Gasteiger partial charge on any atom is -0.462 e. The van der Waals surface area contributed by atoms with Gasteiger partial charge in [0.2, 0.25) is 0 Å². The lowest BCUT2D eigenvalue weighted by Gasteiger charge is -2.22. The highest BCUT2D eigenvalue weighted by molar-refractivity contribution is 5.83. The number of Topliss-reactive ketones (excluding diaryl/α,β-unsaturated/α-hetero) is 2. The molecule has 244 valence electrons. The number of rotatable bonds is 26.